The molecule has 0 fully saturated rings. The van der Waals surface area contributed by atoms with Gasteiger partial charge >= 0.3 is 0 Å². The van der Waals surface area contributed by atoms with Crippen LogP contribution < -0.4 is 0 Å². The number of hydrogen-bond acceptors (Lipinski definition) is 1. The SMILES string of the molecule is CC(C)CCC(=O)c1cccc2ccccc12. The van der Waals surface area contributed by atoms with Gasteiger partial charge in [-0.1, -0.05) is 56.3 Å². The number of fused-ring (bicyclic) bond motifs is 1. The van der Waals surface area contributed by atoms with Crippen LogP contribution in [0.2, 0.25) is 0 Å². The molecule has 0 radical (unpaired) electrons. The molecule has 0 saturated carbocycles. The lowest BCUT2D eigenvalue weighted by Crippen LogP contribution is -2.02. The molecule has 1 heteroatoms. The molecule has 0 spiro atoms. The Hall–Kier alpha value is -1.63. The first-order valence-corrected chi connectivity index (χ1v) is 6.19. The first-order valence-electron chi connectivity index (χ1n) is 6.19. The van der Waals surface area contributed by atoms with E-state index in [2.05, 4.69) is 26.0 Å². The Morgan fingerprint density at radius 3 is 2.53 bits per heavy atom. The molecule has 0 aliphatic heterocycles. The molecular formula is C16H18O. The van der Waals surface area contributed by atoms with Crippen molar-refractivity contribution in [1.82, 2.24) is 0 Å². The number of hydrogen-bond donors (Lipinski definition) is 0. The molecule has 0 atom stereocenters. The van der Waals surface area contributed by atoms with Crippen LogP contribution in [0.15, 0.2) is 42.5 Å². The van der Waals surface area contributed by atoms with Crippen molar-refractivity contribution in [3.63, 3.8) is 0 Å². The Bertz CT molecular complexity index is 521. The van der Waals surface area contributed by atoms with Gasteiger partial charge in [0.25, 0.3) is 0 Å². The number of ketones is 1. The van der Waals surface area contributed by atoms with E-state index >= 15 is 0 Å². The summed E-state index contributed by atoms with van der Waals surface area (Å²) in [5, 5.41) is 2.21. The van der Waals surface area contributed by atoms with E-state index in [0.29, 0.717) is 12.3 Å². The summed E-state index contributed by atoms with van der Waals surface area (Å²) in [5.41, 5.74) is 0.865. The second-order valence-electron chi connectivity index (χ2n) is 4.88. The molecule has 0 unspecified atom stereocenters. The van der Waals surface area contributed by atoms with E-state index in [9.17, 15) is 4.79 Å². The highest BCUT2D eigenvalue weighted by molar-refractivity contribution is 6.08. The molecule has 0 bridgehead atoms. The number of benzene rings is 2. The van der Waals surface area contributed by atoms with Crippen molar-refractivity contribution in [1.29, 1.82) is 0 Å². The Labute approximate surface area is 102 Å². The minimum Gasteiger partial charge on any atom is -0.294 e. The average Bonchev–Trinajstić information content (AvgIpc) is 2.35. The van der Waals surface area contributed by atoms with E-state index in [4.69, 9.17) is 0 Å². The zero-order chi connectivity index (χ0) is 12.3. The highest BCUT2D eigenvalue weighted by atomic mass is 16.1. The lowest BCUT2D eigenvalue weighted by atomic mass is 9.97. The summed E-state index contributed by atoms with van der Waals surface area (Å²) in [6.45, 7) is 4.30. The van der Waals surface area contributed by atoms with Crippen LogP contribution in [0.4, 0.5) is 0 Å². The number of Topliss-reactive ketones (excluding diaryl/α,β-unsaturated/α-hetero) is 1. The lowest BCUT2D eigenvalue weighted by Gasteiger charge is -2.07. The van der Waals surface area contributed by atoms with Crippen molar-refractivity contribution in [2.75, 3.05) is 0 Å². The van der Waals surface area contributed by atoms with Gasteiger partial charge in [0.05, 0.1) is 0 Å². The molecule has 88 valence electrons. The predicted octanol–water partition coefficient (Wildman–Crippen LogP) is 4.46. The van der Waals surface area contributed by atoms with Gasteiger partial charge < -0.3 is 0 Å². The number of carbonyl (C=O) groups is 1. The molecule has 2 aromatic rings. The predicted molar refractivity (Wildman–Crippen MR) is 72.4 cm³/mol. The smallest absolute Gasteiger partial charge is 0.163 e. The van der Waals surface area contributed by atoms with Crippen molar-refractivity contribution in [3.8, 4) is 0 Å². The second kappa shape index (κ2) is 5.13. The second-order valence-corrected chi connectivity index (χ2v) is 4.88. The molecular weight excluding hydrogens is 208 g/mol. The molecule has 0 saturated heterocycles. The monoisotopic (exact) mass is 226 g/mol. The Kier molecular flexibility index (Phi) is 3.58. The maximum Gasteiger partial charge on any atom is 0.163 e. The third kappa shape index (κ3) is 2.73. The quantitative estimate of drug-likeness (QED) is 0.703. The van der Waals surface area contributed by atoms with Gasteiger partial charge in [-0.3, -0.25) is 4.79 Å². The van der Waals surface area contributed by atoms with Crippen molar-refractivity contribution in [2.24, 2.45) is 5.92 Å². The maximum atomic E-state index is 12.2. The van der Waals surface area contributed by atoms with Crippen LogP contribution in [0, 0.1) is 5.92 Å². The van der Waals surface area contributed by atoms with E-state index in [1.54, 1.807) is 0 Å². The summed E-state index contributed by atoms with van der Waals surface area (Å²) in [5.74, 6) is 0.837. The molecule has 17 heavy (non-hydrogen) atoms. The first kappa shape index (κ1) is 11.8. The van der Waals surface area contributed by atoms with Crippen LogP contribution >= 0.6 is 0 Å². The van der Waals surface area contributed by atoms with Gasteiger partial charge in [-0.15, -0.1) is 0 Å². The molecule has 0 heterocycles. The standard InChI is InChI=1S/C16H18O/c1-12(2)10-11-16(17)15-9-5-7-13-6-3-4-8-14(13)15/h3-9,12H,10-11H2,1-2H3. The topological polar surface area (TPSA) is 17.1 Å². The van der Waals surface area contributed by atoms with E-state index in [1.807, 2.05) is 30.3 Å². The molecule has 0 amide bonds. The van der Waals surface area contributed by atoms with Gasteiger partial charge in [0.1, 0.15) is 0 Å². The van der Waals surface area contributed by atoms with Gasteiger partial charge in [0, 0.05) is 12.0 Å². The van der Waals surface area contributed by atoms with Crippen molar-refractivity contribution in [3.05, 3.63) is 48.0 Å². The molecule has 0 aliphatic rings. The fourth-order valence-electron chi connectivity index (χ4n) is 2.02. The van der Waals surface area contributed by atoms with Crippen LogP contribution in [0.1, 0.15) is 37.0 Å². The highest BCUT2D eigenvalue weighted by Gasteiger charge is 2.09. The zero-order valence-electron chi connectivity index (χ0n) is 10.4. The molecule has 2 aromatic carbocycles. The average molecular weight is 226 g/mol. The number of rotatable bonds is 4. The Morgan fingerprint density at radius 1 is 1.06 bits per heavy atom. The third-order valence-electron chi connectivity index (χ3n) is 3.04. The van der Waals surface area contributed by atoms with Crippen LogP contribution in [-0.4, -0.2) is 5.78 Å². The summed E-state index contributed by atoms with van der Waals surface area (Å²) >= 11 is 0. The fraction of sp³-hybridized carbons (Fsp3) is 0.312. The van der Waals surface area contributed by atoms with Crippen LogP contribution in [0.5, 0.6) is 0 Å². The maximum absolute atomic E-state index is 12.2. The summed E-state index contributed by atoms with van der Waals surface area (Å²) < 4.78 is 0. The molecule has 1 nitrogen and oxygen atoms in total. The molecule has 0 N–H and O–H groups in total. The summed E-state index contributed by atoms with van der Waals surface area (Å²) in [6.07, 6.45) is 1.60. The lowest BCUT2D eigenvalue weighted by molar-refractivity contribution is 0.0977. The van der Waals surface area contributed by atoms with Gasteiger partial charge in [-0.25, -0.2) is 0 Å². The van der Waals surface area contributed by atoms with Crippen LogP contribution in [0.3, 0.4) is 0 Å². The van der Waals surface area contributed by atoms with Crippen molar-refractivity contribution >= 4 is 16.6 Å². The van der Waals surface area contributed by atoms with E-state index in [1.165, 1.54) is 0 Å². The summed E-state index contributed by atoms with van der Waals surface area (Å²) in [4.78, 5) is 12.2. The van der Waals surface area contributed by atoms with E-state index < -0.39 is 0 Å². The zero-order valence-corrected chi connectivity index (χ0v) is 10.4. The van der Waals surface area contributed by atoms with E-state index in [-0.39, 0.29) is 5.78 Å². The van der Waals surface area contributed by atoms with Gasteiger partial charge in [-0.2, -0.15) is 0 Å². The largest absolute Gasteiger partial charge is 0.294 e. The van der Waals surface area contributed by atoms with Crippen molar-refractivity contribution in [2.45, 2.75) is 26.7 Å². The minimum atomic E-state index is 0.260. The highest BCUT2D eigenvalue weighted by Crippen LogP contribution is 2.20. The molecule has 0 aliphatic carbocycles. The molecule has 0 aromatic heterocycles. The normalized spacial score (nSPS) is 11.0. The Balaban J connectivity index is 2.32. The van der Waals surface area contributed by atoms with Gasteiger partial charge in [-0.05, 0) is 23.1 Å². The van der Waals surface area contributed by atoms with Gasteiger partial charge in [0.2, 0.25) is 0 Å². The summed E-state index contributed by atoms with van der Waals surface area (Å²) in [6, 6.07) is 14.0. The third-order valence-corrected chi connectivity index (χ3v) is 3.04. The van der Waals surface area contributed by atoms with Crippen LogP contribution in [0.25, 0.3) is 10.8 Å². The molecule has 2 rings (SSSR count). The fourth-order valence-corrected chi connectivity index (χ4v) is 2.02. The number of carbonyl (C=O) groups excluding carboxylic acids is 1. The van der Waals surface area contributed by atoms with Gasteiger partial charge in [0.15, 0.2) is 5.78 Å². The Morgan fingerprint density at radius 2 is 1.76 bits per heavy atom. The summed E-state index contributed by atoms with van der Waals surface area (Å²) in [7, 11) is 0. The van der Waals surface area contributed by atoms with E-state index in [0.717, 1.165) is 22.8 Å². The van der Waals surface area contributed by atoms with Crippen LogP contribution in [-0.2, 0) is 0 Å². The van der Waals surface area contributed by atoms with Crippen molar-refractivity contribution < 1.29 is 4.79 Å². The minimum absolute atomic E-state index is 0.260. The first-order chi connectivity index (χ1) is 8.18.